The highest BCUT2D eigenvalue weighted by atomic mass is 19.4. The third kappa shape index (κ3) is 3.08. The summed E-state index contributed by atoms with van der Waals surface area (Å²) in [6, 6.07) is 1.73. The summed E-state index contributed by atoms with van der Waals surface area (Å²) in [5.74, 6) is 0.219. The van der Waals surface area contributed by atoms with Gasteiger partial charge in [0.2, 0.25) is 11.9 Å². The second-order valence-corrected chi connectivity index (χ2v) is 5.56. The fourth-order valence-electron chi connectivity index (χ4n) is 3.10. The largest absolute Gasteiger partial charge is 0.397 e. The number of amides is 1. The molecule has 21 heavy (non-hydrogen) atoms. The number of nitrogens with zero attached hydrogens (tertiary/aromatic N) is 4. The van der Waals surface area contributed by atoms with Crippen molar-refractivity contribution in [2.24, 2.45) is 11.8 Å². The van der Waals surface area contributed by atoms with Gasteiger partial charge in [0.05, 0.1) is 0 Å². The number of fused-ring (bicyclic) bond motifs is 1. The van der Waals surface area contributed by atoms with Crippen LogP contribution in [-0.2, 0) is 4.79 Å². The summed E-state index contributed by atoms with van der Waals surface area (Å²) in [5, 5.41) is 0. The topological polar surface area (TPSA) is 49.3 Å². The number of carbonyl (C=O) groups excluding carboxylic acids is 1. The molecule has 0 aromatic carbocycles. The highest BCUT2D eigenvalue weighted by Crippen LogP contribution is 2.33. The van der Waals surface area contributed by atoms with Crippen LogP contribution in [0.25, 0.3) is 0 Å². The highest BCUT2D eigenvalue weighted by Gasteiger charge is 2.44. The van der Waals surface area contributed by atoms with E-state index >= 15 is 0 Å². The van der Waals surface area contributed by atoms with E-state index in [1.807, 2.05) is 4.90 Å². The zero-order chi connectivity index (χ0) is 15.0. The van der Waals surface area contributed by atoms with Gasteiger partial charge >= 0.3 is 6.18 Å². The molecule has 2 saturated heterocycles. The number of aromatic nitrogens is 2. The Morgan fingerprint density at radius 1 is 1.14 bits per heavy atom. The van der Waals surface area contributed by atoms with Crippen molar-refractivity contribution >= 4 is 11.9 Å². The summed E-state index contributed by atoms with van der Waals surface area (Å²) in [5.41, 5.74) is 0. The smallest absolute Gasteiger partial charge is 0.342 e. The Morgan fingerprint density at radius 2 is 1.71 bits per heavy atom. The van der Waals surface area contributed by atoms with Gasteiger partial charge in [0.25, 0.3) is 0 Å². The van der Waals surface area contributed by atoms with Gasteiger partial charge < -0.3 is 9.80 Å². The zero-order valence-corrected chi connectivity index (χ0v) is 11.3. The molecule has 1 amide bonds. The Bertz CT molecular complexity index is 508. The molecule has 0 N–H and O–H groups in total. The first-order chi connectivity index (χ1) is 9.92. The molecule has 2 fully saturated rings. The predicted octanol–water partition coefficient (Wildman–Crippen LogP) is 1.32. The first-order valence-corrected chi connectivity index (χ1v) is 6.79. The van der Waals surface area contributed by atoms with E-state index in [4.69, 9.17) is 0 Å². The minimum absolute atomic E-state index is 0.200. The molecule has 2 atom stereocenters. The maximum atomic E-state index is 12.3. The number of hydrogen-bond acceptors (Lipinski definition) is 4. The molecule has 5 nitrogen and oxygen atoms in total. The number of halogens is 3. The summed E-state index contributed by atoms with van der Waals surface area (Å²) in [6.45, 7) is 2.15. The van der Waals surface area contributed by atoms with Gasteiger partial charge in [0, 0.05) is 50.4 Å². The van der Waals surface area contributed by atoms with Crippen LogP contribution in [0.3, 0.4) is 0 Å². The van der Waals surface area contributed by atoms with Crippen molar-refractivity contribution in [1.29, 1.82) is 0 Å². The van der Waals surface area contributed by atoms with Gasteiger partial charge in [-0.2, -0.15) is 13.2 Å². The van der Waals surface area contributed by atoms with Crippen LogP contribution < -0.4 is 4.90 Å². The minimum Gasteiger partial charge on any atom is -0.342 e. The third-order valence-electron chi connectivity index (χ3n) is 4.03. The predicted molar refractivity (Wildman–Crippen MR) is 68.5 cm³/mol. The maximum Gasteiger partial charge on any atom is 0.397 e. The lowest BCUT2D eigenvalue weighted by molar-refractivity contribution is -0.160. The molecule has 114 valence electrons. The lowest BCUT2D eigenvalue weighted by atomic mass is 10.0. The van der Waals surface area contributed by atoms with E-state index in [0.717, 1.165) is 0 Å². The maximum absolute atomic E-state index is 12.3. The monoisotopic (exact) mass is 300 g/mol. The normalized spacial score (nSPS) is 25.3. The molecule has 1 aromatic heterocycles. The second-order valence-electron chi connectivity index (χ2n) is 5.56. The Balaban J connectivity index is 1.58. The Morgan fingerprint density at radius 3 is 2.24 bits per heavy atom. The van der Waals surface area contributed by atoms with Crippen molar-refractivity contribution < 1.29 is 18.0 Å². The average molecular weight is 300 g/mol. The number of hydrogen-bond donors (Lipinski definition) is 0. The van der Waals surface area contributed by atoms with Crippen LogP contribution in [0.2, 0.25) is 0 Å². The van der Waals surface area contributed by atoms with Crippen molar-refractivity contribution in [2.45, 2.75) is 12.6 Å². The Hall–Kier alpha value is -1.86. The van der Waals surface area contributed by atoms with Crippen LogP contribution in [0.4, 0.5) is 19.1 Å². The average Bonchev–Trinajstić information content (AvgIpc) is 2.95. The lowest BCUT2D eigenvalue weighted by Crippen LogP contribution is -2.35. The number of rotatable bonds is 2. The van der Waals surface area contributed by atoms with Crippen molar-refractivity contribution in [3.05, 3.63) is 18.5 Å². The number of anilines is 1. The molecule has 3 rings (SSSR count). The molecule has 0 unspecified atom stereocenters. The van der Waals surface area contributed by atoms with Gasteiger partial charge in [-0.1, -0.05) is 0 Å². The number of likely N-dealkylation sites (tertiary alicyclic amines) is 1. The van der Waals surface area contributed by atoms with Gasteiger partial charge in [-0.15, -0.1) is 0 Å². The molecule has 2 aliphatic rings. The molecule has 0 radical (unpaired) electrons. The van der Waals surface area contributed by atoms with Crippen LogP contribution in [0.1, 0.15) is 6.42 Å². The zero-order valence-electron chi connectivity index (χ0n) is 11.3. The minimum atomic E-state index is -4.43. The van der Waals surface area contributed by atoms with Gasteiger partial charge in [-0.3, -0.25) is 4.79 Å². The van der Waals surface area contributed by atoms with Crippen molar-refractivity contribution in [2.75, 3.05) is 31.1 Å². The standard InChI is InChI=1S/C13H15F3N4O/c14-13(15,16)4-11(21)19-5-9-7-20(8-10(9)6-19)12-17-2-1-3-18-12/h1-3,9-10H,4-8H2/t9-,10+. The van der Waals surface area contributed by atoms with E-state index in [-0.39, 0.29) is 11.8 Å². The molecular weight excluding hydrogens is 285 g/mol. The Kier molecular flexibility index (Phi) is 3.46. The molecule has 0 aliphatic carbocycles. The summed E-state index contributed by atoms with van der Waals surface area (Å²) >= 11 is 0. The van der Waals surface area contributed by atoms with E-state index < -0.39 is 18.5 Å². The van der Waals surface area contributed by atoms with E-state index in [1.54, 1.807) is 18.5 Å². The summed E-state index contributed by atoms with van der Waals surface area (Å²) in [6.07, 6.45) is -2.47. The molecule has 2 aliphatic heterocycles. The number of alkyl halides is 3. The third-order valence-corrected chi connectivity index (χ3v) is 4.03. The molecule has 0 bridgehead atoms. The summed E-state index contributed by atoms with van der Waals surface area (Å²) in [7, 11) is 0. The van der Waals surface area contributed by atoms with Gasteiger partial charge in [-0.25, -0.2) is 9.97 Å². The van der Waals surface area contributed by atoms with E-state index in [0.29, 0.717) is 32.1 Å². The van der Waals surface area contributed by atoms with Crippen LogP contribution in [0.15, 0.2) is 18.5 Å². The molecule has 0 saturated carbocycles. The fraction of sp³-hybridized carbons (Fsp3) is 0.615. The van der Waals surface area contributed by atoms with Crippen molar-refractivity contribution in [1.82, 2.24) is 14.9 Å². The van der Waals surface area contributed by atoms with Crippen LogP contribution >= 0.6 is 0 Å². The van der Waals surface area contributed by atoms with E-state index in [1.165, 1.54) is 4.90 Å². The lowest BCUT2D eigenvalue weighted by Gasteiger charge is -2.22. The van der Waals surface area contributed by atoms with Crippen LogP contribution in [0, 0.1) is 11.8 Å². The number of carbonyl (C=O) groups is 1. The van der Waals surface area contributed by atoms with Crippen molar-refractivity contribution in [3.8, 4) is 0 Å². The summed E-state index contributed by atoms with van der Waals surface area (Å²) < 4.78 is 36.8. The molecule has 3 heterocycles. The van der Waals surface area contributed by atoms with Gasteiger partial charge in [0.15, 0.2) is 0 Å². The molecule has 0 spiro atoms. The van der Waals surface area contributed by atoms with Gasteiger partial charge in [0.1, 0.15) is 6.42 Å². The highest BCUT2D eigenvalue weighted by molar-refractivity contribution is 5.77. The van der Waals surface area contributed by atoms with Crippen LogP contribution in [0.5, 0.6) is 0 Å². The molecular formula is C13H15F3N4O. The second kappa shape index (κ2) is 5.16. The van der Waals surface area contributed by atoms with Crippen LogP contribution in [-0.4, -0.2) is 53.1 Å². The fourth-order valence-corrected chi connectivity index (χ4v) is 3.10. The molecule has 1 aromatic rings. The Labute approximate surface area is 119 Å². The molecule has 8 heteroatoms. The van der Waals surface area contributed by atoms with Crippen molar-refractivity contribution in [3.63, 3.8) is 0 Å². The van der Waals surface area contributed by atoms with E-state index in [2.05, 4.69) is 9.97 Å². The van der Waals surface area contributed by atoms with Gasteiger partial charge in [-0.05, 0) is 6.07 Å². The summed E-state index contributed by atoms with van der Waals surface area (Å²) in [4.78, 5) is 23.3. The SMILES string of the molecule is O=C(CC(F)(F)F)N1C[C@@H]2CN(c3ncccn3)C[C@@H]2C1. The quantitative estimate of drug-likeness (QED) is 0.826. The first-order valence-electron chi connectivity index (χ1n) is 6.79. The first kappa shape index (κ1) is 14.1. The van der Waals surface area contributed by atoms with E-state index in [9.17, 15) is 18.0 Å².